The Bertz CT molecular complexity index is 433. The molecule has 1 aromatic rings. The van der Waals surface area contributed by atoms with Crippen molar-refractivity contribution in [2.45, 2.75) is 13.3 Å². The maximum Gasteiger partial charge on any atom is 0.231 e. The number of benzene rings is 1. The van der Waals surface area contributed by atoms with Gasteiger partial charge in [0.05, 0.1) is 18.4 Å². The number of carbonyl (C=O) groups excluding carboxylic acids is 1. The predicted molar refractivity (Wildman–Crippen MR) is 57.3 cm³/mol. The molecule has 0 saturated carbocycles. The van der Waals surface area contributed by atoms with Gasteiger partial charge in [-0.1, -0.05) is 18.2 Å². The van der Waals surface area contributed by atoms with Crippen LogP contribution in [0.5, 0.6) is 0 Å². The minimum atomic E-state index is -0.125. The van der Waals surface area contributed by atoms with Crippen LogP contribution >= 0.6 is 0 Å². The first-order valence-corrected chi connectivity index (χ1v) is 5.00. The molecule has 3 nitrogen and oxygen atoms in total. The van der Waals surface area contributed by atoms with Gasteiger partial charge in [-0.3, -0.25) is 4.79 Å². The van der Waals surface area contributed by atoms with E-state index in [9.17, 15) is 4.79 Å². The van der Waals surface area contributed by atoms with Crippen molar-refractivity contribution in [1.82, 2.24) is 0 Å². The highest BCUT2D eigenvalue weighted by atomic mass is 16.2. The van der Waals surface area contributed by atoms with Crippen LogP contribution in [0, 0.1) is 17.2 Å². The SMILES string of the molecule is CC(C#N)CN1C(=O)Cc2ccccc21. The fourth-order valence-corrected chi connectivity index (χ4v) is 1.83. The standard InChI is InChI=1S/C12H12N2O/c1-9(7-13)8-14-11-5-3-2-4-10(11)6-12(14)15/h2-5,9H,6,8H2,1H3. The molecule has 2 rings (SSSR count). The third-order valence-corrected chi connectivity index (χ3v) is 2.60. The second-order valence-electron chi connectivity index (χ2n) is 3.84. The molecule has 1 amide bonds. The molecule has 0 N–H and O–H groups in total. The first-order valence-electron chi connectivity index (χ1n) is 5.00. The molecule has 0 spiro atoms. The van der Waals surface area contributed by atoms with Crippen molar-refractivity contribution >= 4 is 11.6 Å². The smallest absolute Gasteiger partial charge is 0.231 e. The predicted octanol–water partition coefficient (Wildman–Crippen LogP) is 1.74. The van der Waals surface area contributed by atoms with E-state index >= 15 is 0 Å². The Kier molecular flexibility index (Phi) is 2.42. The molecular weight excluding hydrogens is 188 g/mol. The Morgan fingerprint density at radius 1 is 1.53 bits per heavy atom. The third-order valence-electron chi connectivity index (χ3n) is 2.60. The molecule has 0 aromatic heterocycles. The van der Waals surface area contributed by atoms with Crippen LogP contribution in [0.15, 0.2) is 24.3 Å². The number of hydrogen-bond donors (Lipinski definition) is 0. The summed E-state index contributed by atoms with van der Waals surface area (Å²) in [6.45, 7) is 2.32. The number of fused-ring (bicyclic) bond motifs is 1. The van der Waals surface area contributed by atoms with Gasteiger partial charge in [0.15, 0.2) is 0 Å². The number of hydrogen-bond acceptors (Lipinski definition) is 2. The molecule has 0 radical (unpaired) electrons. The number of para-hydroxylation sites is 1. The molecule has 15 heavy (non-hydrogen) atoms. The third kappa shape index (κ3) is 1.71. The van der Waals surface area contributed by atoms with Gasteiger partial charge in [0.1, 0.15) is 0 Å². The van der Waals surface area contributed by atoms with E-state index in [4.69, 9.17) is 5.26 Å². The highest BCUT2D eigenvalue weighted by Crippen LogP contribution is 2.28. The van der Waals surface area contributed by atoms with E-state index < -0.39 is 0 Å². The number of rotatable bonds is 2. The zero-order valence-corrected chi connectivity index (χ0v) is 8.60. The fraction of sp³-hybridized carbons (Fsp3) is 0.333. The largest absolute Gasteiger partial charge is 0.311 e. The summed E-state index contributed by atoms with van der Waals surface area (Å²) in [4.78, 5) is 13.4. The summed E-state index contributed by atoms with van der Waals surface area (Å²) in [6.07, 6.45) is 0.467. The summed E-state index contributed by atoms with van der Waals surface area (Å²) < 4.78 is 0. The first kappa shape index (κ1) is 9.72. The van der Waals surface area contributed by atoms with Gasteiger partial charge in [-0.05, 0) is 18.6 Å². The molecule has 0 aliphatic carbocycles. The number of nitrogens with zero attached hydrogens (tertiary/aromatic N) is 2. The topological polar surface area (TPSA) is 44.1 Å². The van der Waals surface area contributed by atoms with E-state index in [0.29, 0.717) is 13.0 Å². The van der Waals surface area contributed by atoms with Gasteiger partial charge in [0.2, 0.25) is 5.91 Å². The first-order chi connectivity index (χ1) is 7.22. The van der Waals surface area contributed by atoms with E-state index in [0.717, 1.165) is 11.3 Å². The molecule has 0 fully saturated rings. The van der Waals surface area contributed by atoms with Crippen LogP contribution in [0.25, 0.3) is 0 Å². The molecule has 3 heteroatoms. The van der Waals surface area contributed by atoms with Gasteiger partial charge < -0.3 is 4.90 Å². The van der Waals surface area contributed by atoms with Crippen molar-refractivity contribution in [1.29, 1.82) is 5.26 Å². The van der Waals surface area contributed by atoms with Crippen molar-refractivity contribution in [3.8, 4) is 6.07 Å². The monoisotopic (exact) mass is 200 g/mol. The molecular formula is C12H12N2O. The van der Waals surface area contributed by atoms with Crippen LogP contribution in [0.4, 0.5) is 5.69 Å². The van der Waals surface area contributed by atoms with E-state index in [-0.39, 0.29) is 11.8 Å². The lowest BCUT2D eigenvalue weighted by atomic mass is 10.1. The lowest BCUT2D eigenvalue weighted by Gasteiger charge is -2.18. The Hall–Kier alpha value is -1.82. The fourth-order valence-electron chi connectivity index (χ4n) is 1.83. The number of nitriles is 1. The van der Waals surface area contributed by atoms with Crippen LogP contribution in [0.3, 0.4) is 0 Å². The van der Waals surface area contributed by atoms with Crippen molar-refractivity contribution in [2.75, 3.05) is 11.4 Å². The summed E-state index contributed by atoms with van der Waals surface area (Å²) in [5.41, 5.74) is 2.03. The highest BCUT2D eigenvalue weighted by Gasteiger charge is 2.27. The maximum absolute atomic E-state index is 11.7. The van der Waals surface area contributed by atoms with Gasteiger partial charge in [0.25, 0.3) is 0 Å². The van der Waals surface area contributed by atoms with Crippen LogP contribution in [0.2, 0.25) is 0 Å². The second-order valence-corrected chi connectivity index (χ2v) is 3.84. The Morgan fingerprint density at radius 3 is 3.00 bits per heavy atom. The molecule has 76 valence electrons. The molecule has 1 aliphatic heterocycles. The van der Waals surface area contributed by atoms with E-state index in [1.165, 1.54) is 0 Å². The van der Waals surface area contributed by atoms with Crippen molar-refractivity contribution < 1.29 is 4.79 Å². The molecule has 1 heterocycles. The summed E-state index contributed by atoms with van der Waals surface area (Å²) in [5.74, 6) is -0.0293. The zero-order valence-electron chi connectivity index (χ0n) is 8.60. The number of carbonyl (C=O) groups is 1. The normalized spacial score (nSPS) is 16.0. The summed E-state index contributed by atoms with van der Waals surface area (Å²) in [7, 11) is 0. The highest BCUT2D eigenvalue weighted by molar-refractivity contribution is 6.01. The van der Waals surface area contributed by atoms with E-state index in [1.807, 2.05) is 31.2 Å². The van der Waals surface area contributed by atoms with Crippen molar-refractivity contribution in [2.24, 2.45) is 5.92 Å². The Morgan fingerprint density at radius 2 is 2.27 bits per heavy atom. The lowest BCUT2D eigenvalue weighted by Crippen LogP contribution is -2.30. The van der Waals surface area contributed by atoms with E-state index in [1.54, 1.807) is 4.90 Å². The van der Waals surface area contributed by atoms with Gasteiger partial charge >= 0.3 is 0 Å². The van der Waals surface area contributed by atoms with Crippen LogP contribution in [0.1, 0.15) is 12.5 Å². The van der Waals surface area contributed by atoms with Crippen molar-refractivity contribution in [3.05, 3.63) is 29.8 Å². The van der Waals surface area contributed by atoms with Gasteiger partial charge in [-0.25, -0.2) is 0 Å². The molecule has 1 unspecified atom stereocenters. The lowest BCUT2D eigenvalue weighted by molar-refractivity contribution is -0.117. The van der Waals surface area contributed by atoms with Gasteiger partial charge in [0, 0.05) is 12.2 Å². The maximum atomic E-state index is 11.7. The van der Waals surface area contributed by atoms with Crippen LogP contribution in [-0.4, -0.2) is 12.5 Å². The second kappa shape index (κ2) is 3.74. The summed E-state index contributed by atoms with van der Waals surface area (Å²) in [5, 5.41) is 8.74. The average Bonchev–Trinajstić information content (AvgIpc) is 2.55. The summed E-state index contributed by atoms with van der Waals surface area (Å²) in [6, 6.07) is 9.90. The van der Waals surface area contributed by atoms with Crippen LogP contribution < -0.4 is 4.90 Å². The molecule has 0 bridgehead atoms. The summed E-state index contributed by atoms with van der Waals surface area (Å²) >= 11 is 0. The van der Waals surface area contributed by atoms with Crippen LogP contribution in [-0.2, 0) is 11.2 Å². The minimum Gasteiger partial charge on any atom is -0.311 e. The quantitative estimate of drug-likeness (QED) is 0.729. The number of amides is 1. The van der Waals surface area contributed by atoms with E-state index in [2.05, 4.69) is 6.07 Å². The molecule has 1 aromatic carbocycles. The minimum absolute atomic E-state index is 0.0956. The number of anilines is 1. The zero-order chi connectivity index (χ0) is 10.8. The Balaban J connectivity index is 2.27. The molecule has 1 aliphatic rings. The van der Waals surface area contributed by atoms with Gasteiger partial charge in [-0.2, -0.15) is 5.26 Å². The average molecular weight is 200 g/mol. The molecule has 1 atom stereocenters. The molecule has 0 saturated heterocycles. The van der Waals surface area contributed by atoms with Crippen molar-refractivity contribution in [3.63, 3.8) is 0 Å². The van der Waals surface area contributed by atoms with Gasteiger partial charge in [-0.15, -0.1) is 0 Å². The Labute approximate surface area is 88.9 Å².